The maximum atomic E-state index is 14.3. The van der Waals surface area contributed by atoms with Crippen molar-refractivity contribution in [3.63, 3.8) is 0 Å². The molecule has 4 heterocycles. The van der Waals surface area contributed by atoms with Gasteiger partial charge < -0.3 is 0 Å². The predicted molar refractivity (Wildman–Crippen MR) is 206 cm³/mol. The Balaban J connectivity index is 1.14. The molecule has 4 aromatic carbocycles. The molecule has 0 radical (unpaired) electrons. The molecule has 4 aliphatic rings. The molecule has 286 valence electrons. The molecule has 0 bridgehead atoms. The summed E-state index contributed by atoms with van der Waals surface area (Å²) in [4.78, 5) is 115. The monoisotopic (exact) mass is 754 g/mol. The first-order valence-corrected chi connectivity index (χ1v) is 19.7. The molecular weight excluding hydrogens is 713 g/mol. The fourth-order valence-electron chi connectivity index (χ4n) is 8.92. The highest BCUT2D eigenvalue weighted by Crippen LogP contribution is 2.42. The summed E-state index contributed by atoms with van der Waals surface area (Å²) in [5, 5.41) is 1.60. The molecule has 12 heteroatoms. The highest BCUT2D eigenvalue weighted by molar-refractivity contribution is 6.37. The number of hydrogen-bond acceptors (Lipinski definition) is 8. The van der Waals surface area contributed by atoms with Gasteiger partial charge in [0.1, 0.15) is 0 Å². The quantitative estimate of drug-likeness (QED) is 0.0996. The van der Waals surface area contributed by atoms with Gasteiger partial charge in [0.25, 0.3) is 47.3 Å². The fraction of sp³-hybridized carbons (Fsp3) is 0.364. The average Bonchev–Trinajstić information content (AvgIpc) is 3.18. The molecule has 56 heavy (non-hydrogen) atoms. The zero-order chi connectivity index (χ0) is 39.7. The molecule has 2 atom stereocenters. The molecule has 12 nitrogen and oxygen atoms in total. The van der Waals surface area contributed by atoms with Gasteiger partial charge in [-0.1, -0.05) is 65.2 Å². The second kappa shape index (κ2) is 13.9. The van der Waals surface area contributed by atoms with Gasteiger partial charge in [-0.15, -0.1) is 0 Å². The number of unbranched alkanes of at least 4 members (excludes halogenated alkanes) is 6. The summed E-state index contributed by atoms with van der Waals surface area (Å²) in [6.07, 6.45) is 9.17. The van der Waals surface area contributed by atoms with Crippen LogP contribution in [0.15, 0.2) is 48.5 Å². The van der Waals surface area contributed by atoms with Crippen LogP contribution in [0.5, 0.6) is 0 Å². The van der Waals surface area contributed by atoms with Crippen LogP contribution in [0.3, 0.4) is 0 Å². The maximum absolute atomic E-state index is 14.3. The molecule has 0 saturated heterocycles. The first-order chi connectivity index (χ1) is 26.9. The topological polar surface area (TPSA) is 150 Å². The van der Waals surface area contributed by atoms with E-state index in [1.54, 1.807) is 0 Å². The average molecular weight is 755 g/mol. The molecule has 0 fully saturated rings. The lowest BCUT2D eigenvalue weighted by atomic mass is 9.85. The molecule has 0 aromatic heterocycles. The third-order valence-corrected chi connectivity index (χ3v) is 11.8. The van der Waals surface area contributed by atoms with Crippen molar-refractivity contribution in [2.24, 2.45) is 0 Å². The van der Waals surface area contributed by atoms with Crippen LogP contribution in [-0.2, 0) is 0 Å². The van der Waals surface area contributed by atoms with E-state index in [1.165, 1.54) is 58.3 Å². The maximum Gasteiger partial charge on any atom is 0.281 e. The number of carbonyl (C=O) groups excluding carboxylic acids is 8. The lowest BCUT2D eigenvalue weighted by molar-refractivity contribution is 0.00211. The van der Waals surface area contributed by atoms with Crippen LogP contribution in [0.1, 0.15) is 175 Å². The Morgan fingerprint density at radius 3 is 0.821 bits per heavy atom. The number of hydrogen-bond donors (Lipinski definition) is 0. The van der Waals surface area contributed by atoms with Crippen molar-refractivity contribution in [3.8, 4) is 0 Å². The SMILES string of the molecule is CCCCCCC(C)N1C(=O)c2ccc3c4c(ccc(c24)C1=O)C(=O)N(N1C(=O)c2ccc4c5c(ccc(c25)C1=O)C(=O)N(C(C)CCCCCC)C4=O)C3=O. The van der Waals surface area contributed by atoms with Gasteiger partial charge in [-0.2, -0.15) is 10.0 Å². The van der Waals surface area contributed by atoms with E-state index in [-0.39, 0.29) is 78.1 Å². The molecule has 0 spiro atoms. The standard InChI is InChI=1S/C44H42N4O8/c1-5-7-9-11-13-23(3)45-37(49)25-15-19-29-35-30(20-16-26(33(25)35)38(45)50)42(54)47(41(29)53)48-43(55)31-21-17-27-34-28(18-22-32(36(31)34)44(48)56)40(52)46(39(27)51)24(4)14-12-10-8-6-2/h15-24H,5-14H2,1-4H3. The van der Waals surface area contributed by atoms with E-state index in [0.29, 0.717) is 22.9 Å². The number of hydrazine groups is 1. The second-order valence-corrected chi connectivity index (χ2v) is 15.3. The van der Waals surface area contributed by atoms with Gasteiger partial charge in [0.2, 0.25) is 0 Å². The van der Waals surface area contributed by atoms with E-state index in [2.05, 4.69) is 13.8 Å². The van der Waals surface area contributed by atoms with Crippen LogP contribution in [0.2, 0.25) is 0 Å². The third-order valence-electron chi connectivity index (χ3n) is 11.8. The first-order valence-electron chi connectivity index (χ1n) is 19.7. The summed E-state index contributed by atoms with van der Waals surface area (Å²) in [7, 11) is 0. The third kappa shape index (κ3) is 5.25. The van der Waals surface area contributed by atoms with Crippen LogP contribution >= 0.6 is 0 Å². The molecule has 4 aliphatic heterocycles. The molecule has 0 N–H and O–H groups in total. The highest BCUT2D eigenvalue weighted by atomic mass is 16.2. The van der Waals surface area contributed by atoms with Crippen molar-refractivity contribution in [1.29, 1.82) is 0 Å². The van der Waals surface area contributed by atoms with Gasteiger partial charge in [-0.3, -0.25) is 48.2 Å². The van der Waals surface area contributed by atoms with Crippen LogP contribution in [0, 0.1) is 0 Å². The summed E-state index contributed by atoms with van der Waals surface area (Å²) >= 11 is 0. The minimum atomic E-state index is -0.984. The number of nitrogens with zero attached hydrogens (tertiary/aromatic N) is 4. The van der Waals surface area contributed by atoms with Crippen molar-refractivity contribution in [3.05, 3.63) is 93.0 Å². The van der Waals surface area contributed by atoms with Gasteiger partial charge in [-0.25, -0.2) is 0 Å². The minimum absolute atomic E-state index is 0.0568. The van der Waals surface area contributed by atoms with Gasteiger partial charge in [0, 0.05) is 55.9 Å². The van der Waals surface area contributed by atoms with Crippen molar-refractivity contribution in [2.45, 2.75) is 104 Å². The summed E-state index contributed by atoms with van der Waals surface area (Å²) in [5.41, 5.74) is 0.502. The van der Waals surface area contributed by atoms with Crippen LogP contribution in [-0.4, -0.2) is 79.2 Å². The lowest BCUT2D eigenvalue weighted by Crippen LogP contribution is -2.58. The number of carbonyl (C=O) groups is 8. The Morgan fingerprint density at radius 1 is 0.357 bits per heavy atom. The van der Waals surface area contributed by atoms with Crippen molar-refractivity contribution in [1.82, 2.24) is 19.8 Å². The van der Waals surface area contributed by atoms with Crippen molar-refractivity contribution in [2.75, 3.05) is 0 Å². The van der Waals surface area contributed by atoms with E-state index in [9.17, 15) is 38.4 Å². The Kier molecular flexibility index (Phi) is 9.17. The number of imide groups is 4. The molecule has 0 saturated carbocycles. The van der Waals surface area contributed by atoms with Gasteiger partial charge in [0.15, 0.2) is 0 Å². The fourth-order valence-corrected chi connectivity index (χ4v) is 8.92. The molecule has 0 aliphatic carbocycles. The Hall–Kier alpha value is -6.04. The zero-order valence-electron chi connectivity index (χ0n) is 31.9. The smallest absolute Gasteiger partial charge is 0.272 e. The van der Waals surface area contributed by atoms with Crippen molar-refractivity contribution < 1.29 is 38.4 Å². The molecule has 2 unspecified atom stereocenters. The molecule has 4 aromatic rings. The minimum Gasteiger partial charge on any atom is -0.272 e. The zero-order valence-corrected chi connectivity index (χ0v) is 31.9. The largest absolute Gasteiger partial charge is 0.281 e. The van der Waals surface area contributed by atoms with Crippen LogP contribution in [0.25, 0.3) is 21.5 Å². The van der Waals surface area contributed by atoms with E-state index in [0.717, 1.165) is 51.4 Å². The second-order valence-electron chi connectivity index (χ2n) is 15.3. The van der Waals surface area contributed by atoms with Crippen LogP contribution in [0.4, 0.5) is 0 Å². The van der Waals surface area contributed by atoms with E-state index >= 15 is 0 Å². The van der Waals surface area contributed by atoms with E-state index in [1.807, 2.05) is 13.8 Å². The summed E-state index contributed by atoms with van der Waals surface area (Å²) < 4.78 is 0. The Bertz CT molecular complexity index is 2170. The molecular formula is C44H42N4O8. The first kappa shape index (κ1) is 36.9. The van der Waals surface area contributed by atoms with Gasteiger partial charge in [0.05, 0.1) is 22.3 Å². The highest BCUT2D eigenvalue weighted by Gasteiger charge is 2.48. The molecule has 8 amide bonds. The number of benzene rings is 4. The summed E-state index contributed by atoms with van der Waals surface area (Å²) in [6, 6.07) is 10.6. The van der Waals surface area contributed by atoms with Crippen LogP contribution < -0.4 is 0 Å². The van der Waals surface area contributed by atoms with Crippen molar-refractivity contribution >= 4 is 68.8 Å². The lowest BCUT2D eigenvalue weighted by Gasteiger charge is -2.39. The number of rotatable bonds is 13. The van der Waals surface area contributed by atoms with E-state index < -0.39 is 47.3 Å². The normalized spacial score (nSPS) is 17.3. The summed E-state index contributed by atoms with van der Waals surface area (Å²) in [5.74, 6) is -6.01. The Labute approximate surface area is 323 Å². The predicted octanol–water partition coefficient (Wildman–Crippen LogP) is 7.71. The Morgan fingerprint density at radius 2 is 0.589 bits per heavy atom. The van der Waals surface area contributed by atoms with Gasteiger partial charge >= 0.3 is 0 Å². The number of amides is 8. The summed E-state index contributed by atoms with van der Waals surface area (Å²) in [6.45, 7) is 7.88. The van der Waals surface area contributed by atoms with E-state index in [4.69, 9.17) is 0 Å². The molecule has 8 rings (SSSR count). The van der Waals surface area contributed by atoms with Gasteiger partial charge in [-0.05, 0) is 75.2 Å².